The Hall–Kier alpha value is -2.03. The summed E-state index contributed by atoms with van der Waals surface area (Å²) in [6.45, 7) is 1.57. The van der Waals surface area contributed by atoms with Crippen molar-refractivity contribution < 1.29 is 9.53 Å². The molecule has 114 valence electrons. The zero-order chi connectivity index (χ0) is 15.2. The SMILES string of the molecule is COC1CNCCC1NC(=O)c1ccc(N(N)C=N)nc1. The Kier molecular flexibility index (Phi) is 5.20. The number of pyridine rings is 1. The number of nitrogens with zero attached hydrogens (tertiary/aromatic N) is 2. The second kappa shape index (κ2) is 7.11. The second-order valence-corrected chi connectivity index (χ2v) is 4.79. The minimum atomic E-state index is -0.193. The molecule has 1 aliphatic heterocycles. The summed E-state index contributed by atoms with van der Waals surface area (Å²) < 4.78 is 5.36. The Labute approximate surface area is 123 Å². The average Bonchev–Trinajstić information content (AvgIpc) is 2.54. The van der Waals surface area contributed by atoms with Gasteiger partial charge in [-0.3, -0.25) is 15.2 Å². The summed E-state index contributed by atoms with van der Waals surface area (Å²) in [6, 6.07) is 3.20. The first-order chi connectivity index (χ1) is 10.2. The van der Waals surface area contributed by atoms with E-state index in [2.05, 4.69) is 15.6 Å². The normalized spacial score (nSPS) is 21.6. The minimum absolute atomic E-state index is 0.0176. The molecule has 0 spiro atoms. The summed E-state index contributed by atoms with van der Waals surface area (Å²) in [5.74, 6) is 5.72. The number of carbonyl (C=O) groups excluding carboxylic acids is 1. The van der Waals surface area contributed by atoms with Crippen LogP contribution in [0.5, 0.6) is 0 Å². The van der Waals surface area contributed by atoms with Crippen LogP contribution in [-0.4, -0.2) is 49.6 Å². The fraction of sp³-hybridized carbons (Fsp3) is 0.462. The van der Waals surface area contributed by atoms with Crippen molar-refractivity contribution >= 4 is 18.1 Å². The van der Waals surface area contributed by atoms with E-state index in [-0.39, 0.29) is 18.1 Å². The van der Waals surface area contributed by atoms with Crippen LogP contribution in [0.1, 0.15) is 16.8 Å². The molecule has 0 aromatic carbocycles. The molecule has 0 aliphatic carbocycles. The number of hydrogen-bond donors (Lipinski definition) is 4. The van der Waals surface area contributed by atoms with Gasteiger partial charge in [-0.2, -0.15) is 0 Å². The highest BCUT2D eigenvalue weighted by Crippen LogP contribution is 2.10. The van der Waals surface area contributed by atoms with Gasteiger partial charge in [0.15, 0.2) is 0 Å². The first-order valence-electron chi connectivity index (χ1n) is 6.70. The van der Waals surface area contributed by atoms with Crippen LogP contribution in [0.25, 0.3) is 0 Å². The second-order valence-electron chi connectivity index (χ2n) is 4.79. The summed E-state index contributed by atoms with van der Waals surface area (Å²) in [5, 5.41) is 14.3. The molecule has 2 rings (SSSR count). The van der Waals surface area contributed by atoms with E-state index in [0.29, 0.717) is 11.4 Å². The van der Waals surface area contributed by atoms with Gasteiger partial charge in [0.1, 0.15) is 12.2 Å². The van der Waals surface area contributed by atoms with E-state index in [9.17, 15) is 4.79 Å². The number of hydrazine groups is 1. The van der Waals surface area contributed by atoms with E-state index < -0.39 is 0 Å². The van der Waals surface area contributed by atoms with Crippen molar-refractivity contribution in [2.75, 3.05) is 25.2 Å². The highest BCUT2D eigenvalue weighted by atomic mass is 16.5. The number of aromatic nitrogens is 1. The summed E-state index contributed by atoms with van der Waals surface area (Å²) in [4.78, 5) is 16.3. The van der Waals surface area contributed by atoms with Crippen molar-refractivity contribution in [2.24, 2.45) is 5.84 Å². The topological polar surface area (TPSA) is 116 Å². The maximum atomic E-state index is 12.2. The van der Waals surface area contributed by atoms with Crippen LogP contribution >= 0.6 is 0 Å². The number of anilines is 1. The Balaban J connectivity index is 2.01. The molecule has 21 heavy (non-hydrogen) atoms. The van der Waals surface area contributed by atoms with Crippen LogP contribution < -0.4 is 21.5 Å². The van der Waals surface area contributed by atoms with Crippen LogP contribution in [-0.2, 0) is 4.74 Å². The maximum Gasteiger partial charge on any atom is 0.253 e. The number of carbonyl (C=O) groups is 1. The van der Waals surface area contributed by atoms with Gasteiger partial charge >= 0.3 is 0 Å². The Bertz CT molecular complexity index is 492. The van der Waals surface area contributed by atoms with Crippen LogP contribution in [0.15, 0.2) is 18.3 Å². The Morgan fingerprint density at radius 2 is 2.48 bits per heavy atom. The van der Waals surface area contributed by atoms with Crippen molar-refractivity contribution in [3.8, 4) is 0 Å². The smallest absolute Gasteiger partial charge is 0.253 e. The fourth-order valence-electron chi connectivity index (χ4n) is 2.23. The molecule has 0 saturated carbocycles. The Morgan fingerprint density at radius 3 is 3.10 bits per heavy atom. The van der Waals surface area contributed by atoms with Gasteiger partial charge in [0.25, 0.3) is 5.91 Å². The van der Waals surface area contributed by atoms with E-state index in [0.717, 1.165) is 30.9 Å². The number of ether oxygens (including phenoxy) is 1. The molecule has 0 bridgehead atoms. The lowest BCUT2D eigenvalue weighted by molar-refractivity contribution is 0.0476. The number of piperidine rings is 1. The number of nitrogens with two attached hydrogens (primary N) is 1. The number of amides is 1. The van der Waals surface area contributed by atoms with Gasteiger partial charge in [-0.15, -0.1) is 0 Å². The number of methoxy groups -OCH3 is 1. The van der Waals surface area contributed by atoms with Crippen LogP contribution in [0.2, 0.25) is 0 Å². The molecule has 1 aromatic heterocycles. The molecular weight excluding hydrogens is 272 g/mol. The molecular formula is C13H20N6O2. The van der Waals surface area contributed by atoms with Crippen molar-refractivity contribution in [3.05, 3.63) is 23.9 Å². The molecule has 2 unspecified atom stereocenters. The molecule has 1 aromatic rings. The van der Waals surface area contributed by atoms with Crippen LogP contribution in [0.3, 0.4) is 0 Å². The summed E-state index contributed by atoms with van der Waals surface area (Å²) in [6.07, 6.45) is 3.17. The first kappa shape index (κ1) is 15.4. The molecule has 1 aliphatic rings. The van der Waals surface area contributed by atoms with Crippen molar-refractivity contribution in [1.29, 1.82) is 5.41 Å². The van der Waals surface area contributed by atoms with Gasteiger partial charge in [-0.25, -0.2) is 10.8 Å². The lowest BCUT2D eigenvalue weighted by Gasteiger charge is -2.31. The van der Waals surface area contributed by atoms with E-state index in [1.54, 1.807) is 19.2 Å². The summed E-state index contributed by atoms with van der Waals surface area (Å²) in [7, 11) is 1.64. The summed E-state index contributed by atoms with van der Waals surface area (Å²) in [5.41, 5.74) is 0.450. The van der Waals surface area contributed by atoms with Gasteiger partial charge in [-0.1, -0.05) is 0 Å². The van der Waals surface area contributed by atoms with Gasteiger partial charge < -0.3 is 15.4 Å². The van der Waals surface area contributed by atoms with Crippen molar-refractivity contribution in [2.45, 2.75) is 18.6 Å². The monoisotopic (exact) mass is 292 g/mol. The van der Waals surface area contributed by atoms with Crippen molar-refractivity contribution in [1.82, 2.24) is 15.6 Å². The van der Waals surface area contributed by atoms with Gasteiger partial charge in [0, 0.05) is 19.9 Å². The molecule has 1 saturated heterocycles. The number of nitrogens with one attached hydrogen (secondary N) is 3. The standard InChI is InChI=1S/C13H20N6O2/c1-21-11-7-16-5-4-10(11)18-13(20)9-2-3-12(17-6-9)19(15)8-14/h2-3,6,8,10-11,14,16H,4-5,7,15H2,1H3,(H,18,20). The number of hydrogen-bond acceptors (Lipinski definition) is 6. The van der Waals surface area contributed by atoms with E-state index in [1.807, 2.05) is 0 Å². The summed E-state index contributed by atoms with van der Waals surface area (Å²) >= 11 is 0. The zero-order valence-electron chi connectivity index (χ0n) is 11.9. The highest BCUT2D eigenvalue weighted by Gasteiger charge is 2.26. The third-order valence-electron chi connectivity index (χ3n) is 3.46. The maximum absolute atomic E-state index is 12.2. The van der Waals surface area contributed by atoms with Gasteiger partial charge in [0.2, 0.25) is 0 Å². The van der Waals surface area contributed by atoms with E-state index >= 15 is 0 Å². The zero-order valence-corrected chi connectivity index (χ0v) is 11.9. The average molecular weight is 292 g/mol. The molecule has 1 fully saturated rings. The molecule has 5 N–H and O–H groups in total. The minimum Gasteiger partial charge on any atom is -0.378 e. The molecule has 8 heteroatoms. The van der Waals surface area contributed by atoms with Crippen LogP contribution in [0, 0.1) is 5.41 Å². The molecule has 8 nitrogen and oxygen atoms in total. The first-order valence-corrected chi connectivity index (χ1v) is 6.70. The van der Waals surface area contributed by atoms with E-state index in [4.69, 9.17) is 16.0 Å². The fourth-order valence-corrected chi connectivity index (χ4v) is 2.23. The quantitative estimate of drug-likeness (QED) is 0.251. The van der Waals surface area contributed by atoms with Crippen LogP contribution in [0.4, 0.5) is 5.82 Å². The lowest BCUT2D eigenvalue weighted by Crippen LogP contribution is -2.53. The predicted octanol–water partition coefficient (Wildman–Crippen LogP) is -0.525. The molecule has 2 atom stereocenters. The lowest BCUT2D eigenvalue weighted by atomic mass is 10.0. The third-order valence-corrected chi connectivity index (χ3v) is 3.46. The molecule has 2 heterocycles. The molecule has 1 amide bonds. The van der Waals surface area contributed by atoms with Crippen molar-refractivity contribution in [3.63, 3.8) is 0 Å². The largest absolute Gasteiger partial charge is 0.378 e. The third kappa shape index (κ3) is 3.75. The molecule has 0 radical (unpaired) electrons. The highest BCUT2D eigenvalue weighted by molar-refractivity contribution is 5.94. The van der Waals surface area contributed by atoms with E-state index in [1.165, 1.54) is 6.20 Å². The Morgan fingerprint density at radius 1 is 1.67 bits per heavy atom. The predicted molar refractivity (Wildman–Crippen MR) is 79.2 cm³/mol. The van der Waals surface area contributed by atoms with Gasteiger partial charge in [0.05, 0.1) is 17.7 Å². The number of rotatable bonds is 5. The van der Waals surface area contributed by atoms with Gasteiger partial charge in [-0.05, 0) is 25.1 Å².